The molecule has 19 heavy (non-hydrogen) atoms. The maximum absolute atomic E-state index is 12.1. The lowest BCUT2D eigenvalue weighted by Gasteiger charge is -2.19. The second-order valence-electron chi connectivity index (χ2n) is 4.47. The van der Waals surface area contributed by atoms with Gasteiger partial charge in [0, 0.05) is 19.3 Å². The smallest absolute Gasteiger partial charge is 0.301 e. The fourth-order valence-corrected chi connectivity index (χ4v) is 2.63. The molecule has 1 rings (SSSR count). The predicted octanol–water partition coefficient (Wildman–Crippen LogP) is 0.896. The average Bonchev–Trinajstić information content (AvgIpc) is 2.33. The van der Waals surface area contributed by atoms with Crippen molar-refractivity contribution in [2.24, 2.45) is 0 Å². The molecular formula is C12H22N4O2S. The lowest BCUT2D eigenvalue weighted by atomic mass is 10.3. The van der Waals surface area contributed by atoms with Gasteiger partial charge in [-0.3, -0.25) is 9.71 Å². The van der Waals surface area contributed by atoms with Gasteiger partial charge < -0.3 is 5.32 Å². The van der Waals surface area contributed by atoms with Crippen LogP contribution in [-0.4, -0.2) is 44.9 Å². The molecule has 0 unspecified atom stereocenters. The van der Waals surface area contributed by atoms with E-state index >= 15 is 0 Å². The van der Waals surface area contributed by atoms with Gasteiger partial charge in [-0.25, -0.2) is 0 Å². The van der Waals surface area contributed by atoms with Crippen LogP contribution in [0.3, 0.4) is 0 Å². The standard InChI is InChI=1S/C12H22N4O2S/c1-10-6-7-12(11(2)14-10)15-19(17,18)16(4)9-5-8-13-3/h6-7,13,15H,5,8-9H2,1-4H3. The molecule has 2 N–H and O–H groups in total. The Morgan fingerprint density at radius 3 is 2.58 bits per heavy atom. The monoisotopic (exact) mass is 286 g/mol. The van der Waals surface area contributed by atoms with Crippen LogP contribution in [0.5, 0.6) is 0 Å². The molecule has 108 valence electrons. The van der Waals surface area contributed by atoms with E-state index in [1.165, 1.54) is 4.31 Å². The van der Waals surface area contributed by atoms with Crippen LogP contribution >= 0.6 is 0 Å². The number of aryl methyl sites for hydroxylation is 2. The van der Waals surface area contributed by atoms with E-state index in [9.17, 15) is 8.42 Å². The van der Waals surface area contributed by atoms with E-state index < -0.39 is 10.2 Å². The SMILES string of the molecule is CNCCCN(C)S(=O)(=O)Nc1ccc(C)nc1C. The molecule has 0 aromatic carbocycles. The van der Waals surface area contributed by atoms with Crippen LogP contribution in [-0.2, 0) is 10.2 Å². The number of pyridine rings is 1. The Bertz CT molecular complexity index is 516. The molecule has 0 atom stereocenters. The summed E-state index contributed by atoms with van der Waals surface area (Å²) in [6.07, 6.45) is 0.763. The van der Waals surface area contributed by atoms with Crippen molar-refractivity contribution < 1.29 is 8.42 Å². The van der Waals surface area contributed by atoms with Crippen LogP contribution in [0, 0.1) is 13.8 Å². The second kappa shape index (κ2) is 6.83. The number of rotatable bonds is 7. The van der Waals surface area contributed by atoms with Crippen LogP contribution in [0.4, 0.5) is 5.69 Å². The van der Waals surface area contributed by atoms with Crippen LogP contribution in [0.15, 0.2) is 12.1 Å². The van der Waals surface area contributed by atoms with Gasteiger partial charge in [0.05, 0.1) is 11.4 Å². The maximum Gasteiger partial charge on any atom is 0.301 e. The predicted molar refractivity (Wildman–Crippen MR) is 77.4 cm³/mol. The Morgan fingerprint density at radius 1 is 1.32 bits per heavy atom. The van der Waals surface area contributed by atoms with Crippen LogP contribution in [0.1, 0.15) is 17.8 Å². The van der Waals surface area contributed by atoms with Crippen molar-refractivity contribution in [3.63, 3.8) is 0 Å². The van der Waals surface area contributed by atoms with Gasteiger partial charge in [0.25, 0.3) is 0 Å². The highest BCUT2D eigenvalue weighted by Crippen LogP contribution is 2.15. The summed E-state index contributed by atoms with van der Waals surface area (Å²) in [7, 11) is -0.108. The molecule has 0 bridgehead atoms. The van der Waals surface area contributed by atoms with Crippen molar-refractivity contribution in [1.29, 1.82) is 0 Å². The van der Waals surface area contributed by atoms with Gasteiger partial charge >= 0.3 is 10.2 Å². The minimum Gasteiger partial charge on any atom is -0.320 e. The van der Waals surface area contributed by atoms with Crippen LogP contribution in [0.2, 0.25) is 0 Å². The minimum absolute atomic E-state index is 0.467. The number of aromatic nitrogens is 1. The Hall–Kier alpha value is -1.18. The first-order valence-corrected chi connectivity index (χ1v) is 7.63. The summed E-state index contributed by atoms with van der Waals surface area (Å²) >= 11 is 0. The van der Waals surface area contributed by atoms with Crippen LogP contribution in [0.25, 0.3) is 0 Å². The summed E-state index contributed by atoms with van der Waals surface area (Å²) in [5.41, 5.74) is 2.06. The first-order valence-electron chi connectivity index (χ1n) is 6.19. The molecule has 7 heteroatoms. The number of hydrogen-bond donors (Lipinski definition) is 2. The summed E-state index contributed by atoms with van der Waals surface area (Å²) in [4.78, 5) is 4.24. The number of nitrogens with zero attached hydrogens (tertiary/aromatic N) is 2. The molecule has 0 aliphatic heterocycles. The second-order valence-corrected chi connectivity index (χ2v) is 6.25. The van der Waals surface area contributed by atoms with Crippen molar-refractivity contribution in [3.8, 4) is 0 Å². The van der Waals surface area contributed by atoms with Crippen molar-refractivity contribution in [1.82, 2.24) is 14.6 Å². The van der Waals surface area contributed by atoms with E-state index in [4.69, 9.17) is 0 Å². The number of nitrogens with one attached hydrogen (secondary N) is 2. The van der Waals surface area contributed by atoms with Crippen molar-refractivity contribution >= 4 is 15.9 Å². The summed E-state index contributed by atoms with van der Waals surface area (Å²) in [6, 6.07) is 3.52. The van der Waals surface area contributed by atoms with E-state index in [0.29, 0.717) is 17.9 Å². The summed E-state index contributed by atoms with van der Waals surface area (Å²) in [5.74, 6) is 0. The molecule has 0 radical (unpaired) electrons. The average molecular weight is 286 g/mol. The van der Waals surface area contributed by atoms with Gasteiger partial charge in [0.1, 0.15) is 0 Å². The van der Waals surface area contributed by atoms with Gasteiger partial charge in [-0.1, -0.05) is 0 Å². The summed E-state index contributed by atoms with van der Waals surface area (Å²) in [5, 5.41) is 2.99. The third-order valence-corrected chi connectivity index (χ3v) is 4.26. The van der Waals surface area contributed by atoms with E-state index in [1.54, 1.807) is 26.1 Å². The Kier molecular flexibility index (Phi) is 5.71. The number of anilines is 1. The Balaban J connectivity index is 2.73. The zero-order valence-electron chi connectivity index (χ0n) is 11.9. The minimum atomic E-state index is -3.51. The molecule has 1 aromatic heterocycles. The fourth-order valence-electron chi connectivity index (χ4n) is 1.61. The van der Waals surface area contributed by atoms with Crippen molar-refractivity contribution in [2.75, 3.05) is 31.9 Å². The Labute approximate surface area is 115 Å². The zero-order valence-corrected chi connectivity index (χ0v) is 12.7. The molecule has 0 aliphatic carbocycles. The first kappa shape index (κ1) is 15.9. The molecule has 0 fully saturated rings. The topological polar surface area (TPSA) is 74.3 Å². The lowest BCUT2D eigenvalue weighted by Crippen LogP contribution is -2.34. The molecular weight excluding hydrogens is 264 g/mol. The molecule has 0 aliphatic rings. The molecule has 1 heterocycles. The highest BCUT2D eigenvalue weighted by molar-refractivity contribution is 7.90. The summed E-state index contributed by atoms with van der Waals surface area (Å²) < 4.78 is 28.1. The summed E-state index contributed by atoms with van der Waals surface area (Å²) in [6.45, 7) is 4.90. The largest absolute Gasteiger partial charge is 0.320 e. The van der Waals surface area contributed by atoms with E-state index in [0.717, 1.165) is 18.7 Å². The van der Waals surface area contributed by atoms with Crippen molar-refractivity contribution in [2.45, 2.75) is 20.3 Å². The quantitative estimate of drug-likeness (QED) is 0.730. The van der Waals surface area contributed by atoms with Gasteiger partial charge in [-0.15, -0.1) is 0 Å². The van der Waals surface area contributed by atoms with Gasteiger partial charge in [0.15, 0.2) is 0 Å². The van der Waals surface area contributed by atoms with Crippen molar-refractivity contribution in [3.05, 3.63) is 23.5 Å². The Morgan fingerprint density at radius 2 is 2.00 bits per heavy atom. The normalized spacial score (nSPS) is 11.8. The molecule has 0 saturated heterocycles. The molecule has 0 saturated carbocycles. The van der Waals surface area contributed by atoms with Gasteiger partial charge in [-0.05, 0) is 46.0 Å². The molecule has 0 spiro atoms. The zero-order chi connectivity index (χ0) is 14.5. The van der Waals surface area contributed by atoms with E-state index in [1.807, 2.05) is 14.0 Å². The maximum atomic E-state index is 12.1. The van der Waals surface area contributed by atoms with Gasteiger partial charge in [-0.2, -0.15) is 12.7 Å². The molecule has 0 amide bonds. The van der Waals surface area contributed by atoms with Gasteiger partial charge in [0.2, 0.25) is 0 Å². The first-order chi connectivity index (χ1) is 8.86. The third kappa shape index (κ3) is 4.77. The third-order valence-electron chi connectivity index (χ3n) is 2.77. The van der Waals surface area contributed by atoms with E-state index in [2.05, 4.69) is 15.0 Å². The highest BCUT2D eigenvalue weighted by Gasteiger charge is 2.18. The fraction of sp³-hybridized carbons (Fsp3) is 0.583. The lowest BCUT2D eigenvalue weighted by molar-refractivity contribution is 0.462. The van der Waals surface area contributed by atoms with E-state index in [-0.39, 0.29) is 0 Å². The molecule has 6 nitrogen and oxygen atoms in total. The highest BCUT2D eigenvalue weighted by atomic mass is 32.2. The number of hydrogen-bond acceptors (Lipinski definition) is 4. The molecule has 1 aromatic rings. The van der Waals surface area contributed by atoms with Crippen LogP contribution < -0.4 is 10.0 Å².